The van der Waals surface area contributed by atoms with E-state index in [4.69, 9.17) is 9.47 Å². The summed E-state index contributed by atoms with van der Waals surface area (Å²) in [6, 6.07) is 7.82. The van der Waals surface area contributed by atoms with Gasteiger partial charge < -0.3 is 19.3 Å². The van der Waals surface area contributed by atoms with Crippen LogP contribution < -0.4 is 0 Å². The molecule has 6 nitrogen and oxygen atoms in total. The van der Waals surface area contributed by atoms with E-state index in [0.717, 1.165) is 11.1 Å². The van der Waals surface area contributed by atoms with E-state index in [1.54, 1.807) is 9.80 Å². The molecule has 0 spiro atoms. The number of nitrogens with zero attached hydrogens (tertiary/aromatic N) is 2. The van der Waals surface area contributed by atoms with Crippen molar-refractivity contribution in [2.45, 2.75) is 13.1 Å². The number of benzene rings is 1. The Kier molecular flexibility index (Phi) is 3.45. The highest BCUT2D eigenvalue weighted by molar-refractivity contribution is 5.70. The molecule has 2 aliphatic rings. The first-order valence-corrected chi connectivity index (χ1v) is 6.64. The minimum absolute atomic E-state index is 0.277. The Morgan fingerprint density at radius 2 is 1.30 bits per heavy atom. The molecule has 0 aromatic heterocycles. The van der Waals surface area contributed by atoms with Gasteiger partial charge in [0.25, 0.3) is 0 Å². The van der Waals surface area contributed by atoms with Crippen molar-refractivity contribution in [1.29, 1.82) is 0 Å². The highest BCUT2D eigenvalue weighted by Crippen LogP contribution is 2.18. The molecule has 3 rings (SSSR count). The lowest BCUT2D eigenvalue weighted by Gasteiger charge is -2.18. The molecule has 0 N–H and O–H groups in total. The number of carbonyl (C=O) groups excluding carboxylic acids is 2. The number of rotatable bonds is 4. The maximum absolute atomic E-state index is 11.5. The quantitative estimate of drug-likeness (QED) is 0.838. The zero-order valence-electron chi connectivity index (χ0n) is 11.1. The number of amides is 2. The van der Waals surface area contributed by atoms with Crippen LogP contribution in [0.15, 0.2) is 24.3 Å². The van der Waals surface area contributed by atoms with Crippen molar-refractivity contribution >= 4 is 12.2 Å². The minimum Gasteiger partial charge on any atom is -0.448 e. The molecule has 1 aromatic carbocycles. The fourth-order valence-corrected chi connectivity index (χ4v) is 2.42. The third-order valence-electron chi connectivity index (χ3n) is 3.53. The summed E-state index contributed by atoms with van der Waals surface area (Å²) < 4.78 is 9.86. The first-order chi connectivity index (χ1) is 9.74. The van der Waals surface area contributed by atoms with Crippen LogP contribution in [-0.2, 0) is 22.6 Å². The van der Waals surface area contributed by atoms with Crippen LogP contribution in [0.5, 0.6) is 0 Å². The Morgan fingerprint density at radius 3 is 1.65 bits per heavy atom. The second kappa shape index (κ2) is 5.40. The number of hydrogen-bond acceptors (Lipinski definition) is 4. The van der Waals surface area contributed by atoms with Crippen LogP contribution in [-0.4, -0.2) is 48.3 Å². The molecule has 2 fully saturated rings. The van der Waals surface area contributed by atoms with E-state index in [-0.39, 0.29) is 12.2 Å². The van der Waals surface area contributed by atoms with Gasteiger partial charge in [-0.25, -0.2) is 9.59 Å². The topological polar surface area (TPSA) is 59.1 Å². The Morgan fingerprint density at radius 1 is 0.850 bits per heavy atom. The normalized spacial score (nSPS) is 18.4. The first-order valence-electron chi connectivity index (χ1n) is 6.64. The zero-order chi connectivity index (χ0) is 13.9. The van der Waals surface area contributed by atoms with Gasteiger partial charge in [-0.2, -0.15) is 0 Å². The monoisotopic (exact) mass is 276 g/mol. The third-order valence-corrected chi connectivity index (χ3v) is 3.53. The molecule has 1 aromatic rings. The maximum Gasteiger partial charge on any atom is 0.410 e. The summed E-state index contributed by atoms with van der Waals surface area (Å²) in [6.45, 7) is 3.13. The van der Waals surface area contributed by atoms with Gasteiger partial charge in [0.1, 0.15) is 13.2 Å². The summed E-state index contributed by atoms with van der Waals surface area (Å²) in [5, 5.41) is 0. The van der Waals surface area contributed by atoms with Crippen LogP contribution in [0.3, 0.4) is 0 Å². The van der Waals surface area contributed by atoms with E-state index < -0.39 is 0 Å². The van der Waals surface area contributed by atoms with E-state index in [9.17, 15) is 9.59 Å². The fourth-order valence-electron chi connectivity index (χ4n) is 2.42. The highest BCUT2D eigenvalue weighted by Gasteiger charge is 2.25. The highest BCUT2D eigenvalue weighted by atomic mass is 16.6. The van der Waals surface area contributed by atoms with Gasteiger partial charge in [-0.15, -0.1) is 0 Å². The Labute approximate surface area is 116 Å². The molecule has 6 heteroatoms. The van der Waals surface area contributed by atoms with Gasteiger partial charge >= 0.3 is 12.2 Å². The summed E-state index contributed by atoms with van der Waals surface area (Å²) in [4.78, 5) is 26.3. The van der Waals surface area contributed by atoms with E-state index in [0.29, 0.717) is 39.4 Å². The molecule has 0 saturated carbocycles. The van der Waals surface area contributed by atoms with Gasteiger partial charge in [-0.3, -0.25) is 0 Å². The molecular formula is C14H16N2O4. The summed E-state index contributed by atoms with van der Waals surface area (Å²) in [7, 11) is 0. The second-order valence-electron chi connectivity index (χ2n) is 4.84. The number of hydrogen-bond donors (Lipinski definition) is 0. The number of carbonyl (C=O) groups is 2. The van der Waals surface area contributed by atoms with Crippen LogP contribution in [0.25, 0.3) is 0 Å². The van der Waals surface area contributed by atoms with Gasteiger partial charge in [0.2, 0.25) is 0 Å². The average Bonchev–Trinajstić information content (AvgIpc) is 3.02. The van der Waals surface area contributed by atoms with Gasteiger partial charge in [0.05, 0.1) is 13.1 Å². The van der Waals surface area contributed by atoms with Crippen molar-refractivity contribution in [3.05, 3.63) is 35.4 Å². The summed E-state index contributed by atoms with van der Waals surface area (Å²) in [5.74, 6) is 0. The predicted octanol–water partition coefficient (Wildman–Crippen LogP) is 1.59. The average molecular weight is 276 g/mol. The molecule has 0 atom stereocenters. The van der Waals surface area contributed by atoms with Crippen LogP contribution in [0.2, 0.25) is 0 Å². The predicted molar refractivity (Wildman–Crippen MR) is 70.0 cm³/mol. The van der Waals surface area contributed by atoms with Crippen LogP contribution >= 0.6 is 0 Å². The Hall–Kier alpha value is -2.24. The van der Waals surface area contributed by atoms with Crippen LogP contribution in [0.1, 0.15) is 11.1 Å². The molecule has 0 aliphatic carbocycles. The molecule has 20 heavy (non-hydrogen) atoms. The lowest BCUT2D eigenvalue weighted by molar-refractivity contribution is 0.155. The molecule has 0 radical (unpaired) electrons. The van der Waals surface area contributed by atoms with Crippen molar-refractivity contribution in [3.8, 4) is 0 Å². The minimum atomic E-state index is -0.277. The molecule has 0 unspecified atom stereocenters. The van der Waals surface area contributed by atoms with Crippen LogP contribution in [0.4, 0.5) is 9.59 Å². The molecule has 106 valence electrons. The van der Waals surface area contributed by atoms with Crippen molar-refractivity contribution in [2.75, 3.05) is 26.3 Å². The van der Waals surface area contributed by atoms with Crippen molar-refractivity contribution < 1.29 is 19.1 Å². The molecule has 2 heterocycles. The standard InChI is InChI=1S/C14H16N2O4/c17-13-15(5-7-19-13)9-11-3-1-2-4-12(11)10-16-6-8-20-14(16)18/h1-4H,5-10H2. The fraction of sp³-hybridized carbons (Fsp3) is 0.429. The SMILES string of the molecule is O=C1OCCN1Cc1ccccc1CN1CCOC1=O. The van der Waals surface area contributed by atoms with E-state index in [1.807, 2.05) is 24.3 Å². The van der Waals surface area contributed by atoms with Crippen molar-refractivity contribution in [3.63, 3.8) is 0 Å². The largest absolute Gasteiger partial charge is 0.448 e. The van der Waals surface area contributed by atoms with E-state index in [1.165, 1.54) is 0 Å². The smallest absolute Gasteiger partial charge is 0.410 e. The van der Waals surface area contributed by atoms with E-state index >= 15 is 0 Å². The zero-order valence-corrected chi connectivity index (χ0v) is 11.1. The molecule has 0 bridgehead atoms. The number of cyclic esters (lactones) is 2. The summed E-state index contributed by atoms with van der Waals surface area (Å²) in [5.41, 5.74) is 2.07. The van der Waals surface area contributed by atoms with Crippen LogP contribution in [0, 0.1) is 0 Å². The molecule has 2 amide bonds. The molecular weight excluding hydrogens is 260 g/mol. The van der Waals surface area contributed by atoms with Gasteiger partial charge in [0.15, 0.2) is 0 Å². The third kappa shape index (κ3) is 2.54. The Bertz CT molecular complexity index is 485. The van der Waals surface area contributed by atoms with Gasteiger partial charge in [-0.1, -0.05) is 24.3 Å². The van der Waals surface area contributed by atoms with E-state index in [2.05, 4.69) is 0 Å². The first kappa shape index (κ1) is 12.8. The van der Waals surface area contributed by atoms with Gasteiger partial charge in [0, 0.05) is 13.1 Å². The summed E-state index contributed by atoms with van der Waals surface area (Å²) in [6.07, 6.45) is -0.555. The van der Waals surface area contributed by atoms with Crippen molar-refractivity contribution in [2.24, 2.45) is 0 Å². The molecule has 2 saturated heterocycles. The lowest BCUT2D eigenvalue weighted by atomic mass is 10.1. The second-order valence-corrected chi connectivity index (χ2v) is 4.84. The number of ether oxygens (including phenoxy) is 2. The van der Waals surface area contributed by atoms with Crippen molar-refractivity contribution in [1.82, 2.24) is 9.80 Å². The van der Waals surface area contributed by atoms with Gasteiger partial charge in [-0.05, 0) is 11.1 Å². The Balaban J connectivity index is 1.74. The summed E-state index contributed by atoms with van der Waals surface area (Å²) >= 11 is 0. The maximum atomic E-state index is 11.5. The lowest BCUT2D eigenvalue weighted by Crippen LogP contribution is -2.27. The molecule has 2 aliphatic heterocycles.